The van der Waals surface area contributed by atoms with Crippen molar-refractivity contribution in [2.45, 2.75) is 45.3 Å². The molecule has 2 atom stereocenters. The third-order valence-corrected chi connectivity index (χ3v) is 12.0. The summed E-state index contributed by atoms with van der Waals surface area (Å²) < 4.78 is 7.33. The fraction of sp³-hybridized carbons (Fsp3) is 0.296. The summed E-state index contributed by atoms with van der Waals surface area (Å²) in [6, 6.07) is 23.4. The highest BCUT2D eigenvalue weighted by Crippen LogP contribution is 2.42. The number of carbonyl (C=O) groups is 1. The van der Waals surface area contributed by atoms with Gasteiger partial charge in [0.05, 0.1) is 6.10 Å². The first-order chi connectivity index (χ1) is 14.8. The van der Waals surface area contributed by atoms with E-state index in [4.69, 9.17) is 4.43 Å². The first kappa shape index (κ1) is 21.9. The first-order valence-corrected chi connectivity index (χ1v) is 13.7. The van der Waals surface area contributed by atoms with E-state index in [0.717, 1.165) is 11.1 Å². The number of carbonyl (C=O) groups excluding carboxylic acids is 1. The lowest BCUT2D eigenvalue weighted by atomic mass is 10.1. The molecule has 1 aliphatic carbocycles. The van der Waals surface area contributed by atoms with E-state index >= 15 is 0 Å². The molecule has 1 heterocycles. The van der Waals surface area contributed by atoms with Gasteiger partial charge >= 0.3 is 0 Å². The molecule has 1 aromatic heterocycles. The van der Waals surface area contributed by atoms with Crippen molar-refractivity contribution in [2.75, 3.05) is 0 Å². The normalized spacial score (nSPS) is 21.0. The zero-order valence-electron chi connectivity index (χ0n) is 18.7. The molecule has 0 aliphatic heterocycles. The van der Waals surface area contributed by atoms with Crippen LogP contribution in [0.15, 0.2) is 83.1 Å². The van der Waals surface area contributed by atoms with Gasteiger partial charge in [-0.3, -0.25) is 4.79 Å². The standard InChI is InChI=1S/C27H30O2SSi/c1-20-17-25(28)24(18-21-15-16-30-19-21)26(20)29-31(27(2,3)4,22-11-7-5-8-12-22)23-13-9-6-10-14-23/h5-16,18-20,26H,17H2,1-4H3/b24-18+. The summed E-state index contributed by atoms with van der Waals surface area (Å²) >= 11 is 1.65. The minimum atomic E-state index is -2.72. The minimum Gasteiger partial charge on any atom is -0.400 e. The van der Waals surface area contributed by atoms with Gasteiger partial charge in [0.2, 0.25) is 0 Å². The highest BCUT2D eigenvalue weighted by Gasteiger charge is 2.53. The van der Waals surface area contributed by atoms with Gasteiger partial charge in [-0.15, -0.1) is 0 Å². The Kier molecular flexibility index (Phi) is 6.15. The molecule has 31 heavy (non-hydrogen) atoms. The maximum atomic E-state index is 13.0. The third-order valence-electron chi connectivity index (χ3n) is 6.24. The topological polar surface area (TPSA) is 26.3 Å². The Balaban J connectivity index is 1.89. The van der Waals surface area contributed by atoms with Crippen molar-refractivity contribution in [2.24, 2.45) is 5.92 Å². The van der Waals surface area contributed by atoms with Crippen LogP contribution in [0, 0.1) is 5.92 Å². The number of Topliss-reactive ketones (excluding diaryl/α,β-unsaturated/α-hetero) is 1. The van der Waals surface area contributed by atoms with Crippen LogP contribution in [-0.2, 0) is 9.22 Å². The van der Waals surface area contributed by atoms with Crippen molar-refractivity contribution >= 4 is 41.9 Å². The zero-order chi connectivity index (χ0) is 22.1. The van der Waals surface area contributed by atoms with Crippen LogP contribution >= 0.6 is 11.3 Å². The smallest absolute Gasteiger partial charge is 0.261 e. The summed E-state index contributed by atoms with van der Waals surface area (Å²) in [6.45, 7) is 8.99. The molecule has 160 valence electrons. The van der Waals surface area contributed by atoms with E-state index in [-0.39, 0.29) is 22.8 Å². The van der Waals surface area contributed by atoms with Crippen LogP contribution in [0.1, 0.15) is 39.7 Å². The van der Waals surface area contributed by atoms with Crippen LogP contribution in [0.5, 0.6) is 0 Å². The van der Waals surface area contributed by atoms with Gasteiger partial charge in [-0.05, 0) is 49.8 Å². The minimum absolute atomic E-state index is 0.117. The summed E-state index contributed by atoms with van der Waals surface area (Å²) in [4.78, 5) is 13.0. The molecule has 3 aromatic rings. The lowest BCUT2D eigenvalue weighted by Gasteiger charge is -2.45. The zero-order valence-corrected chi connectivity index (χ0v) is 20.5. The van der Waals surface area contributed by atoms with Gasteiger partial charge in [-0.2, -0.15) is 11.3 Å². The Morgan fingerprint density at radius 2 is 1.55 bits per heavy atom. The number of hydrogen-bond donors (Lipinski definition) is 0. The number of hydrogen-bond acceptors (Lipinski definition) is 3. The fourth-order valence-corrected chi connectivity index (χ4v) is 10.1. The average Bonchev–Trinajstić information content (AvgIpc) is 3.35. The van der Waals surface area contributed by atoms with E-state index in [1.165, 1.54) is 10.4 Å². The SMILES string of the molecule is CC1CC(=O)/C(=C\c2ccsc2)C1O[Si](c1ccccc1)(c1ccccc1)C(C)(C)C. The molecule has 1 fully saturated rings. The summed E-state index contributed by atoms with van der Waals surface area (Å²) in [7, 11) is -2.72. The van der Waals surface area contributed by atoms with E-state index in [0.29, 0.717) is 6.42 Å². The molecule has 0 amide bonds. The highest BCUT2D eigenvalue weighted by molar-refractivity contribution is 7.08. The summed E-state index contributed by atoms with van der Waals surface area (Å²) in [5.41, 5.74) is 1.90. The lowest BCUT2D eigenvalue weighted by Crippen LogP contribution is -2.68. The quantitative estimate of drug-likeness (QED) is 0.372. The van der Waals surface area contributed by atoms with E-state index in [9.17, 15) is 4.79 Å². The second kappa shape index (κ2) is 8.70. The molecule has 0 radical (unpaired) electrons. The molecular weight excluding hydrogens is 416 g/mol. The van der Waals surface area contributed by atoms with E-state index in [2.05, 4.69) is 99.8 Å². The molecule has 2 unspecified atom stereocenters. The monoisotopic (exact) mass is 446 g/mol. The third kappa shape index (κ3) is 4.12. The molecule has 4 rings (SSSR count). The molecule has 1 saturated carbocycles. The van der Waals surface area contributed by atoms with Gasteiger partial charge in [0.25, 0.3) is 8.32 Å². The van der Waals surface area contributed by atoms with E-state index in [1.807, 2.05) is 11.5 Å². The van der Waals surface area contributed by atoms with Gasteiger partial charge in [-0.1, -0.05) is 88.4 Å². The Bertz CT molecular complexity index is 1010. The number of ketones is 1. The summed E-state index contributed by atoms with van der Waals surface area (Å²) in [5, 5.41) is 6.51. The fourth-order valence-electron chi connectivity index (χ4n) is 4.74. The van der Waals surface area contributed by atoms with Crippen LogP contribution in [0.4, 0.5) is 0 Å². The van der Waals surface area contributed by atoms with Crippen LogP contribution in [0.25, 0.3) is 6.08 Å². The van der Waals surface area contributed by atoms with Crippen molar-refractivity contribution in [1.82, 2.24) is 0 Å². The van der Waals surface area contributed by atoms with Gasteiger partial charge in [0.1, 0.15) is 0 Å². The van der Waals surface area contributed by atoms with Crippen molar-refractivity contribution in [1.29, 1.82) is 0 Å². The molecule has 0 saturated heterocycles. The van der Waals surface area contributed by atoms with Crippen LogP contribution in [0.2, 0.25) is 5.04 Å². The number of rotatable bonds is 5. The average molecular weight is 447 g/mol. The Labute approximate surface area is 190 Å². The molecular formula is C27H30O2SSi. The van der Waals surface area contributed by atoms with E-state index < -0.39 is 8.32 Å². The Morgan fingerprint density at radius 1 is 0.968 bits per heavy atom. The van der Waals surface area contributed by atoms with Crippen molar-refractivity contribution in [3.63, 3.8) is 0 Å². The molecule has 2 aromatic carbocycles. The largest absolute Gasteiger partial charge is 0.400 e. The predicted molar refractivity (Wildman–Crippen MR) is 134 cm³/mol. The molecule has 0 N–H and O–H groups in total. The van der Waals surface area contributed by atoms with Gasteiger partial charge < -0.3 is 4.43 Å². The maximum absolute atomic E-state index is 13.0. The van der Waals surface area contributed by atoms with Gasteiger partial charge in [0, 0.05) is 12.0 Å². The molecule has 0 spiro atoms. The molecule has 2 nitrogen and oxygen atoms in total. The van der Waals surface area contributed by atoms with Gasteiger partial charge in [0.15, 0.2) is 5.78 Å². The van der Waals surface area contributed by atoms with E-state index in [1.54, 1.807) is 11.3 Å². The summed E-state index contributed by atoms with van der Waals surface area (Å²) in [6.07, 6.45) is 2.38. The second-order valence-corrected chi connectivity index (χ2v) is 14.5. The van der Waals surface area contributed by atoms with Crippen molar-refractivity contribution in [3.8, 4) is 0 Å². The Hall–Kier alpha value is -2.27. The van der Waals surface area contributed by atoms with Gasteiger partial charge in [-0.25, -0.2) is 0 Å². The molecule has 1 aliphatic rings. The Morgan fingerprint density at radius 3 is 2.03 bits per heavy atom. The van der Waals surface area contributed by atoms with Crippen molar-refractivity contribution < 1.29 is 9.22 Å². The predicted octanol–water partition coefficient (Wildman–Crippen LogP) is 5.69. The number of thiophene rings is 1. The first-order valence-electron chi connectivity index (χ1n) is 10.9. The lowest BCUT2D eigenvalue weighted by molar-refractivity contribution is -0.114. The van der Waals surface area contributed by atoms with Crippen LogP contribution in [0.3, 0.4) is 0 Å². The highest BCUT2D eigenvalue weighted by atomic mass is 32.1. The van der Waals surface area contributed by atoms with Crippen LogP contribution in [-0.4, -0.2) is 20.2 Å². The molecule has 4 heteroatoms. The maximum Gasteiger partial charge on any atom is 0.261 e. The second-order valence-electron chi connectivity index (χ2n) is 9.46. The van der Waals surface area contributed by atoms with Crippen LogP contribution < -0.4 is 10.4 Å². The van der Waals surface area contributed by atoms with Crippen molar-refractivity contribution in [3.05, 3.63) is 88.6 Å². The number of benzene rings is 2. The summed E-state index contributed by atoms with van der Waals surface area (Å²) in [5.74, 6) is 0.362. The molecule has 0 bridgehead atoms.